The summed E-state index contributed by atoms with van der Waals surface area (Å²) in [5.74, 6) is 0.217. The number of hydrogen-bond acceptors (Lipinski definition) is 3. The highest BCUT2D eigenvalue weighted by Gasteiger charge is 2.38. The standard InChI is InChI=1S/C16H22FNO2/c17-11-6-7-15-13(10-11)16-12(4-3-9-20-16)14(18-15)5-1-2-8-19/h6-7,10,12,14,16,18-19H,1-5,8-9H2/t12-,14-,16-/m1/s1. The summed E-state index contributed by atoms with van der Waals surface area (Å²) in [6.45, 7) is 1.01. The molecule has 0 saturated carbocycles. The summed E-state index contributed by atoms with van der Waals surface area (Å²) in [4.78, 5) is 0. The van der Waals surface area contributed by atoms with Crippen LogP contribution in [0.5, 0.6) is 0 Å². The molecule has 2 aliphatic heterocycles. The molecule has 1 aromatic carbocycles. The number of fused-ring (bicyclic) bond motifs is 3. The minimum Gasteiger partial charge on any atom is -0.396 e. The first-order valence-electron chi connectivity index (χ1n) is 7.58. The molecule has 2 heterocycles. The van der Waals surface area contributed by atoms with Crippen LogP contribution in [0.2, 0.25) is 0 Å². The summed E-state index contributed by atoms with van der Waals surface area (Å²) >= 11 is 0. The van der Waals surface area contributed by atoms with Crippen molar-refractivity contribution in [2.75, 3.05) is 18.5 Å². The van der Waals surface area contributed by atoms with Crippen LogP contribution in [0.3, 0.4) is 0 Å². The van der Waals surface area contributed by atoms with Gasteiger partial charge in [0.05, 0.1) is 6.10 Å². The lowest BCUT2D eigenvalue weighted by molar-refractivity contribution is -0.0388. The molecule has 3 rings (SSSR count). The molecule has 0 amide bonds. The Kier molecular flexibility index (Phi) is 4.22. The minimum atomic E-state index is -0.197. The Balaban J connectivity index is 1.83. The van der Waals surface area contributed by atoms with Crippen LogP contribution in [0.15, 0.2) is 18.2 Å². The molecule has 3 nitrogen and oxygen atoms in total. The first kappa shape index (κ1) is 13.8. The van der Waals surface area contributed by atoms with Gasteiger partial charge in [0.25, 0.3) is 0 Å². The van der Waals surface area contributed by atoms with Crippen LogP contribution in [0.25, 0.3) is 0 Å². The highest BCUT2D eigenvalue weighted by molar-refractivity contribution is 5.56. The SMILES string of the molecule is OCCCC[C@H]1Nc2ccc(F)cc2[C@@H]2OCCC[C@H]12. The average molecular weight is 279 g/mol. The molecule has 0 spiro atoms. The van der Waals surface area contributed by atoms with Crippen molar-refractivity contribution in [2.24, 2.45) is 5.92 Å². The van der Waals surface area contributed by atoms with Gasteiger partial charge >= 0.3 is 0 Å². The van der Waals surface area contributed by atoms with Gasteiger partial charge in [-0.2, -0.15) is 0 Å². The zero-order valence-electron chi connectivity index (χ0n) is 11.6. The van der Waals surface area contributed by atoms with Gasteiger partial charge in [-0.3, -0.25) is 0 Å². The third-order valence-electron chi connectivity index (χ3n) is 4.47. The average Bonchev–Trinajstić information content (AvgIpc) is 2.48. The van der Waals surface area contributed by atoms with Crippen molar-refractivity contribution in [1.29, 1.82) is 0 Å². The molecule has 1 saturated heterocycles. The van der Waals surface area contributed by atoms with E-state index in [0.717, 1.165) is 50.0 Å². The summed E-state index contributed by atoms with van der Waals surface area (Å²) in [5.41, 5.74) is 1.97. The van der Waals surface area contributed by atoms with Crippen molar-refractivity contribution in [3.63, 3.8) is 0 Å². The fraction of sp³-hybridized carbons (Fsp3) is 0.625. The first-order valence-corrected chi connectivity index (χ1v) is 7.58. The van der Waals surface area contributed by atoms with E-state index in [0.29, 0.717) is 12.0 Å². The zero-order valence-corrected chi connectivity index (χ0v) is 11.6. The number of ether oxygens (including phenoxy) is 1. The summed E-state index contributed by atoms with van der Waals surface area (Å²) in [5, 5.41) is 12.5. The van der Waals surface area contributed by atoms with Crippen LogP contribution in [-0.4, -0.2) is 24.4 Å². The maximum absolute atomic E-state index is 13.5. The van der Waals surface area contributed by atoms with Crippen LogP contribution in [0.1, 0.15) is 43.8 Å². The molecule has 4 heteroatoms. The maximum Gasteiger partial charge on any atom is 0.123 e. The summed E-state index contributed by atoms with van der Waals surface area (Å²) in [7, 11) is 0. The van der Waals surface area contributed by atoms with Crippen molar-refractivity contribution < 1.29 is 14.2 Å². The van der Waals surface area contributed by atoms with Gasteiger partial charge in [0.15, 0.2) is 0 Å². The van der Waals surface area contributed by atoms with Crippen LogP contribution in [0.4, 0.5) is 10.1 Å². The molecule has 110 valence electrons. The molecule has 0 aromatic heterocycles. The number of benzene rings is 1. The van der Waals surface area contributed by atoms with Gasteiger partial charge in [0, 0.05) is 36.4 Å². The number of nitrogens with one attached hydrogen (secondary N) is 1. The van der Waals surface area contributed by atoms with Gasteiger partial charge < -0.3 is 15.2 Å². The Labute approximate surface area is 119 Å². The molecular weight excluding hydrogens is 257 g/mol. The van der Waals surface area contributed by atoms with E-state index in [-0.39, 0.29) is 18.5 Å². The smallest absolute Gasteiger partial charge is 0.123 e. The second kappa shape index (κ2) is 6.10. The van der Waals surface area contributed by atoms with Crippen LogP contribution in [0, 0.1) is 11.7 Å². The normalized spacial score (nSPS) is 28.4. The molecule has 1 fully saturated rings. The molecule has 0 aliphatic carbocycles. The minimum absolute atomic E-state index is 0.0230. The summed E-state index contributed by atoms with van der Waals surface area (Å²) in [6, 6.07) is 5.29. The topological polar surface area (TPSA) is 41.5 Å². The van der Waals surface area contributed by atoms with E-state index >= 15 is 0 Å². The fourth-order valence-corrected chi connectivity index (χ4v) is 3.51. The number of anilines is 1. The quantitative estimate of drug-likeness (QED) is 0.831. The number of aliphatic hydroxyl groups is 1. The zero-order chi connectivity index (χ0) is 13.9. The molecule has 0 unspecified atom stereocenters. The van der Waals surface area contributed by atoms with Crippen molar-refractivity contribution in [1.82, 2.24) is 0 Å². The number of rotatable bonds is 4. The molecule has 3 atom stereocenters. The van der Waals surface area contributed by atoms with Gasteiger partial charge in [-0.05, 0) is 50.3 Å². The van der Waals surface area contributed by atoms with Gasteiger partial charge in [-0.25, -0.2) is 4.39 Å². The molecule has 0 radical (unpaired) electrons. The van der Waals surface area contributed by atoms with E-state index in [4.69, 9.17) is 9.84 Å². The van der Waals surface area contributed by atoms with Gasteiger partial charge in [-0.1, -0.05) is 0 Å². The number of aliphatic hydroxyl groups excluding tert-OH is 1. The van der Waals surface area contributed by atoms with E-state index in [9.17, 15) is 4.39 Å². The predicted molar refractivity (Wildman–Crippen MR) is 76.2 cm³/mol. The van der Waals surface area contributed by atoms with E-state index in [2.05, 4.69) is 5.32 Å². The Morgan fingerprint density at radius 1 is 1.35 bits per heavy atom. The van der Waals surface area contributed by atoms with Gasteiger partial charge in [0.2, 0.25) is 0 Å². The van der Waals surface area contributed by atoms with E-state index < -0.39 is 0 Å². The van der Waals surface area contributed by atoms with Crippen molar-refractivity contribution in [2.45, 2.75) is 44.2 Å². The lowest BCUT2D eigenvalue weighted by atomic mass is 9.78. The number of unbranched alkanes of at least 4 members (excludes halogenated alkanes) is 1. The molecule has 2 N–H and O–H groups in total. The van der Waals surface area contributed by atoms with Crippen molar-refractivity contribution >= 4 is 5.69 Å². The second-order valence-electron chi connectivity index (χ2n) is 5.80. The number of halogens is 1. The Morgan fingerprint density at radius 3 is 3.10 bits per heavy atom. The first-order chi connectivity index (χ1) is 9.79. The molecular formula is C16H22FNO2. The largest absolute Gasteiger partial charge is 0.396 e. The molecule has 2 aliphatic rings. The van der Waals surface area contributed by atoms with Crippen LogP contribution >= 0.6 is 0 Å². The Hall–Kier alpha value is -1.13. The van der Waals surface area contributed by atoms with Crippen LogP contribution < -0.4 is 5.32 Å². The summed E-state index contributed by atoms with van der Waals surface area (Å²) < 4.78 is 19.4. The van der Waals surface area contributed by atoms with Crippen molar-refractivity contribution in [3.8, 4) is 0 Å². The monoisotopic (exact) mass is 279 g/mol. The van der Waals surface area contributed by atoms with Crippen molar-refractivity contribution in [3.05, 3.63) is 29.6 Å². The van der Waals surface area contributed by atoms with Gasteiger partial charge in [0.1, 0.15) is 5.82 Å². The lowest BCUT2D eigenvalue weighted by Gasteiger charge is -2.43. The maximum atomic E-state index is 13.5. The van der Waals surface area contributed by atoms with E-state index in [1.54, 1.807) is 6.07 Å². The van der Waals surface area contributed by atoms with E-state index in [1.807, 2.05) is 6.07 Å². The lowest BCUT2D eigenvalue weighted by Crippen LogP contribution is -2.41. The highest BCUT2D eigenvalue weighted by atomic mass is 19.1. The van der Waals surface area contributed by atoms with Gasteiger partial charge in [-0.15, -0.1) is 0 Å². The third-order valence-corrected chi connectivity index (χ3v) is 4.47. The summed E-state index contributed by atoms with van der Waals surface area (Å²) in [6.07, 6.45) is 5.10. The molecule has 1 aromatic rings. The molecule has 20 heavy (non-hydrogen) atoms. The van der Waals surface area contributed by atoms with E-state index in [1.165, 1.54) is 6.07 Å². The Morgan fingerprint density at radius 2 is 2.25 bits per heavy atom. The fourth-order valence-electron chi connectivity index (χ4n) is 3.51. The number of hydrogen-bond donors (Lipinski definition) is 2. The molecule has 0 bridgehead atoms. The van der Waals surface area contributed by atoms with Crippen LogP contribution in [-0.2, 0) is 4.74 Å². The third kappa shape index (κ3) is 2.67. The predicted octanol–water partition coefficient (Wildman–Crippen LogP) is 3.25. The Bertz CT molecular complexity index is 466. The highest BCUT2D eigenvalue weighted by Crippen LogP contribution is 2.44. The second-order valence-corrected chi connectivity index (χ2v) is 5.80.